The van der Waals surface area contributed by atoms with Crippen LogP contribution in [0.25, 0.3) is 0 Å². The van der Waals surface area contributed by atoms with Crippen LogP contribution in [0.4, 0.5) is 0 Å². The first-order valence-corrected chi connectivity index (χ1v) is 10.2. The van der Waals surface area contributed by atoms with Crippen molar-refractivity contribution < 1.29 is 14.6 Å². The first-order chi connectivity index (χ1) is 11.8. The molecule has 148 valence electrons. The van der Waals surface area contributed by atoms with Crippen molar-refractivity contribution in [1.29, 1.82) is 0 Å². The molecule has 26 heavy (non-hydrogen) atoms. The molecule has 0 aromatic carbocycles. The van der Waals surface area contributed by atoms with Gasteiger partial charge in [0.2, 0.25) is 0 Å². The van der Waals surface area contributed by atoms with Gasteiger partial charge in [-0.3, -0.25) is 0 Å². The molecule has 0 aromatic heterocycles. The molecule has 0 unspecified atom stereocenters. The lowest BCUT2D eigenvalue weighted by Crippen LogP contribution is -2.68. The van der Waals surface area contributed by atoms with E-state index >= 15 is 0 Å². The van der Waals surface area contributed by atoms with Crippen molar-refractivity contribution in [3.63, 3.8) is 0 Å². The van der Waals surface area contributed by atoms with Crippen LogP contribution in [0.2, 0.25) is 0 Å². The first kappa shape index (κ1) is 20.1. The van der Waals surface area contributed by atoms with E-state index in [4.69, 9.17) is 9.47 Å². The smallest absolute Gasteiger partial charge is 0.163 e. The summed E-state index contributed by atoms with van der Waals surface area (Å²) in [5, 5.41) is 11.7. The maximum atomic E-state index is 11.7. The van der Waals surface area contributed by atoms with Gasteiger partial charge in [-0.15, -0.1) is 0 Å². The van der Waals surface area contributed by atoms with Crippen LogP contribution in [0.5, 0.6) is 0 Å². The molecule has 0 amide bonds. The van der Waals surface area contributed by atoms with Crippen molar-refractivity contribution in [3.8, 4) is 0 Å². The van der Waals surface area contributed by atoms with Gasteiger partial charge < -0.3 is 14.6 Å². The molecule has 3 nitrogen and oxygen atoms in total. The van der Waals surface area contributed by atoms with E-state index in [0.29, 0.717) is 5.92 Å². The Labute approximate surface area is 159 Å². The molecule has 3 aliphatic rings. The molecule has 0 bridgehead atoms. The Hall–Kier alpha value is -0.640. The van der Waals surface area contributed by atoms with Crippen LogP contribution in [0.15, 0.2) is 24.3 Å². The van der Waals surface area contributed by atoms with Gasteiger partial charge in [-0.05, 0) is 69.6 Å². The lowest BCUT2D eigenvalue weighted by Gasteiger charge is -2.63. The van der Waals surface area contributed by atoms with Crippen LogP contribution < -0.4 is 0 Å². The molecule has 1 saturated heterocycles. The molecule has 6 atom stereocenters. The van der Waals surface area contributed by atoms with E-state index in [9.17, 15) is 5.11 Å². The molecule has 2 aliphatic carbocycles. The number of ether oxygens (including phenoxy) is 2. The Morgan fingerprint density at radius 1 is 1.12 bits per heavy atom. The zero-order valence-corrected chi connectivity index (χ0v) is 17.8. The number of hydrogen-bond donors (Lipinski definition) is 1. The molecule has 3 fully saturated rings. The minimum absolute atomic E-state index is 0.0220. The summed E-state index contributed by atoms with van der Waals surface area (Å²) in [7, 11) is 0. The summed E-state index contributed by atoms with van der Waals surface area (Å²) in [6.07, 6.45) is 8.18. The number of aliphatic hydroxyl groups is 1. The standard InChI is InChI=1S/C23H38O3/c1-9-15(2)11-12-16-22(7)14-10-13-20(3,4)18(22)17-19(23(16,8)24)26-21(5,6)25-17/h9,11,16-19,24H,1,10,12-14H2,2-8H3/b15-11+/t16-,17-,18+,19+,22-,23+/m0/s1. The van der Waals surface area contributed by atoms with Crippen molar-refractivity contribution in [2.24, 2.45) is 22.7 Å². The van der Waals surface area contributed by atoms with Crippen molar-refractivity contribution in [3.05, 3.63) is 24.3 Å². The van der Waals surface area contributed by atoms with Gasteiger partial charge in [-0.2, -0.15) is 0 Å². The Bertz CT molecular complexity index is 601. The highest BCUT2D eigenvalue weighted by atomic mass is 16.8. The maximum Gasteiger partial charge on any atom is 0.163 e. The third kappa shape index (κ3) is 3.00. The van der Waals surface area contributed by atoms with Crippen LogP contribution in [0, 0.1) is 22.7 Å². The fourth-order valence-electron chi connectivity index (χ4n) is 6.59. The molecule has 0 spiro atoms. The quantitative estimate of drug-likeness (QED) is 0.698. The minimum Gasteiger partial charge on any atom is -0.387 e. The first-order valence-electron chi connectivity index (χ1n) is 10.2. The highest BCUT2D eigenvalue weighted by Gasteiger charge is 2.69. The fourth-order valence-corrected chi connectivity index (χ4v) is 6.59. The highest BCUT2D eigenvalue weighted by molar-refractivity contribution is 5.20. The molecular weight excluding hydrogens is 324 g/mol. The van der Waals surface area contributed by atoms with Crippen LogP contribution in [-0.4, -0.2) is 28.7 Å². The number of fused-ring (bicyclic) bond motifs is 3. The molecule has 1 aliphatic heterocycles. The molecule has 2 saturated carbocycles. The van der Waals surface area contributed by atoms with Crippen molar-refractivity contribution in [2.45, 2.75) is 97.7 Å². The van der Waals surface area contributed by atoms with E-state index in [1.54, 1.807) is 0 Å². The molecule has 3 heteroatoms. The number of rotatable bonds is 3. The Morgan fingerprint density at radius 3 is 2.38 bits per heavy atom. The van der Waals surface area contributed by atoms with Crippen molar-refractivity contribution in [2.75, 3.05) is 0 Å². The normalized spacial score (nSPS) is 47.2. The second-order valence-electron chi connectivity index (χ2n) is 10.5. The van der Waals surface area contributed by atoms with E-state index in [2.05, 4.69) is 40.3 Å². The molecule has 0 radical (unpaired) electrons. The largest absolute Gasteiger partial charge is 0.387 e. The van der Waals surface area contributed by atoms with Gasteiger partial charge in [-0.25, -0.2) is 0 Å². The molecule has 0 aromatic rings. The molecule has 1 N–H and O–H groups in total. The summed E-state index contributed by atoms with van der Waals surface area (Å²) in [6, 6.07) is 0. The zero-order valence-electron chi connectivity index (χ0n) is 17.8. The SMILES string of the molecule is C=C/C(C)=C/C[C@@H]1[C@@](C)(O)[C@@H]2OC(C)(C)O[C@H]2[C@@H]2C(C)(C)CCC[C@]21C. The Morgan fingerprint density at radius 2 is 1.77 bits per heavy atom. The summed E-state index contributed by atoms with van der Waals surface area (Å²) in [5.41, 5.74) is 0.441. The Balaban J connectivity index is 2.10. The summed E-state index contributed by atoms with van der Waals surface area (Å²) < 4.78 is 12.7. The number of allylic oxidation sites excluding steroid dienone is 3. The predicted molar refractivity (Wildman–Crippen MR) is 106 cm³/mol. The fraction of sp³-hybridized carbons (Fsp3) is 0.826. The second kappa shape index (κ2) is 6.18. The summed E-state index contributed by atoms with van der Waals surface area (Å²) in [4.78, 5) is 0. The maximum absolute atomic E-state index is 11.7. The lowest BCUT2D eigenvalue weighted by molar-refractivity contribution is -0.233. The van der Waals surface area contributed by atoms with Crippen LogP contribution in [-0.2, 0) is 9.47 Å². The van der Waals surface area contributed by atoms with E-state index in [0.717, 1.165) is 12.8 Å². The van der Waals surface area contributed by atoms with Crippen LogP contribution >= 0.6 is 0 Å². The van der Waals surface area contributed by atoms with Gasteiger partial charge in [0.1, 0.15) is 6.10 Å². The van der Waals surface area contributed by atoms with E-state index < -0.39 is 11.4 Å². The van der Waals surface area contributed by atoms with E-state index in [1.165, 1.54) is 18.4 Å². The third-order valence-corrected chi connectivity index (χ3v) is 7.62. The average molecular weight is 363 g/mol. The minimum atomic E-state index is -0.922. The third-order valence-electron chi connectivity index (χ3n) is 7.62. The van der Waals surface area contributed by atoms with Gasteiger partial charge in [0.25, 0.3) is 0 Å². The van der Waals surface area contributed by atoms with Crippen molar-refractivity contribution >= 4 is 0 Å². The van der Waals surface area contributed by atoms with Crippen LogP contribution in [0.3, 0.4) is 0 Å². The predicted octanol–water partition coefficient (Wildman–Crippen LogP) is 5.24. The van der Waals surface area contributed by atoms with E-state index in [1.807, 2.05) is 26.8 Å². The molecule has 3 rings (SSSR count). The van der Waals surface area contributed by atoms with Gasteiger partial charge in [0.05, 0.1) is 11.7 Å². The second-order valence-corrected chi connectivity index (χ2v) is 10.5. The highest BCUT2D eigenvalue weighted by Crippen LogP contribution is 2.65. The van der Waals surface area contributed by atoms with Crippen LogP contribution in [0.1, 0.15) is 74.1 Å². The van der Waals surface area contributed by atoms with Gasteiger partial charge >= 0.3 is 0 Å². The Kier molecular flexibility index (Phi) is 4.78. The summed E-state index contributed by atoms with van der Waals surface area (Å²) in [5.74, 6) is -0.137. The summed E-state index contributed by atoms with van der Waals surface area (Å²) in [6.45, 7) is 19.0. The molecular formula is C23H38O3. The van der Waals surface area contributed by atoms with Gasteiger partial charge in [0.15, 0.2) is 5.79 Å². The zero-order chi connectivity index (χ0) is 19.5. The summed E-state index contributed by atoms with van der Waals surface area (Å²) >= 11 is 0. The van der Waals surface area contributed by atoms with E-state index in [-0.39, 0.29) is 29.0 Å². The lowest BCUT2D eigenvalue weighted by atomic mass is 9.43. The number of hydrogen-bond acceptors (Lipinski definition) is 3. The topological polar surface area (TPSA) is 38.7 Å². The van der Waals surface area contributed by atoms with Gasteiger partial charge in [-0.1, -0.05) is 51.5 Å². The van der Waals surface area contributed by atoms with Crippen molar-refractivity contribution in [1.82, 2.24) is 0 Å². The monoisotopic (exact) mass is 362 g/mol. The van der Waals surface area contributed by atoms with Gasteiger partial charge in [0, 0.05) is 0 Å². The molecule has 1 heterocycles. The average Bonchev–Trinajstić information content (AvgIpc) is 2.81.